The van der Waals surface area contributed by atoms with Crippen LogP contribution in [0.15, 0.2) is 12.1 Å². The summed E-state index contributed by atoms with van der Waals surface area (Å²) in [6.07, 6.45) is 3.01. The molecule has 0 atom stereocenters. The van der Waals surface area contributed by atoms with E-state index in [1.54, 1.807) is 19.1 Å². The molecule has 1 aliphatic carbocycles. The number of aryl methyl sites for hydroxylation is 1. The maximum absolute atomic E-state index is 11.5. The summed E-state index contributed by atoms with van der Waals surface area (Å²) in [6, 6.07) is 3.68. The summed E-state index contributed by atoms with van der Waals surface area (Å²) in [5.74, 6) is -0.614. The molecular weight excluding hydrogens is 272 g/mol. The number of carboxylic acid groups (broad SMARTS) is 1. The van der Waals surface area contributed by atoms with Gasteiger partial charge in [0.1, 0.15) is 5.82 Å². The van der Waals surface area contributed by atoms with Crippen LogP contribution in [0.4, 0.5) is 5.82 Å². The summed E-state index contributed by atoms with van der Waals surface area (Å²) in [5.41, 5.74) is 1.07. The molecular formula is C15H20N2O4. The average Bonchev–Trinajstić information content (AvgIpc) is 2.47. The maximum Gasteiger partial charge on any atom is 0.339 e. The number of hydrogen-bond donors (Lipinski definition) is 2. The number of methoxy groups -OCH3 is 1. The molecule has 21 heavy (non-hydrogen) atoms. The predicted octanol–water partition coefficient (Wildman–Crippen LogP) is 2.23. The summed E-state index contributed by atoms with van der Waals surface area (Å²) >= 11 is 0. The average molecular weight is 292 g/mol. The number of ether oxygens (including phenoxy) is 1. The van der Waals surface area contributed by atoms with Gasteiger partial charge in [0.25, 0.3) is 0 Å². The van der Waals surface area contributed by atoms with Gasteiger partial charge in [-0.2, -0.15) is 0 Å². The highest BCUT2D eigenvalue weighted by atomic mass is 16.5. The van der Waals surface area contributed by atoms with Crippen LogP contribution >= 0.6 is 0 Å². The number of nitrogens with one attached hydrogen (secondary N) is 1. The number of esters is 1. The van der Waals surface area contributed by atoms with E-state index >= 15 is 0 Å². The number of carbonyl (C=O) groups excluding carboxylic acids is 1. The van der Waals surface area contributed by atoms with Gasteiger partial charge in [-0.05, 0) is 44.7 Å². The number of pyridine rings is 1. The third kappa shape index (κ3) is 3.71. The standard InChI is InChI=1S/C15H20N2O4/c1-9-12(15(20)21-2)7-8-13(16-9)17-11-5-3-10(4-6-11)14(18)19/h7-8,10-11H,3-6H2,1-2H3,(H,16,17)(H,18,19). The number of nitrogens with zero attached hydrogens (tertiary/aromatic N) is 1. The third-order valence-corrected chi connectivity index (χ3v) is 3.92. The highest BCUT2D eigenvalue weighted by Gasteiger charge is 2.26. The number of aromatic nitrogens is 1. The van der Waals surface area contributed by atoms with Crippen LogP contribution in [0.3, 0.4) is 0 Å². The molecule has 1 aromatic heterocycles. The molecule has 0 bridgehead atoms. The van der Waals surface area contributed by atoms with Gasteiger partial charge in [0.15, 0.2) is 0 Å². The lowest BCUT2D eigenvalue weighted by atomic mass is 9.86. The first-order chi connectivity index (χ1) is 10.0. The molecule has 1 aliphatic rings. The van der Waals surface area contributed by atoms with Crippen molar-refractivity contribution < 1.29 is 19.4 Å². The van der Waals surface area contributed by atoms with Crippen LogP contribution in [0.2, 0.25) is 0 Å². The molecule has 2 N–H and O–H groups in total. The Morgan fingerprint density at radius 1 is 1.29 bits per heavy atom. The van der Waals surface area contributed by atoms with Gasteiger partial charge in [-0.3, -0.25) is 4.79 Å². The zero-order valence-corrected chi connectivity index (χ0v) is 12.3. The summed E-state index contributed by atoms with van der Waals surface area (Å²) in [5, 5.41) is 12.3. The van der Waals surface area contributed by atoms with Crippen molar-refractivity contribution in [1.29, 1.82) is 0 Å². The minimum Gasteiger partial charge on any atom is -0.481 e. The molecule has 0 aromatic carbocycles. The zero-order valence-electron chi connectivity index (χ0n) is 12.3. The van der Waals surface area contributed by atoms with Crippen LogP contribution in [0.5, 0.6) is 0 Å². The van der Waals surface area contributed by atoms with Gasteiger partial charge in [-0.25, -0.2) is 9.78 Å². The first-order valence-corrected chi connectivity index (χ1v) is 7.06. The number of rotatable bonds is 4. The Kier molecular flexibility index (Phi) is 4.77. The van der Waals surface area contributed by atoms with Gasteiger partial charge in [-0.15, -0.1) is 0 Å². The second kappa shape index (κ2) is 6.56. The maximum atomic E-state index is 11.5. The van der Waals surface area contributed by atoms with Crippen LogP contribution in [0.25, 0.3) is 0 Å². The molecule has 6 nitrogen and oxygen atoms in total. The molecule has 1 heterocycles. The lowest BCUT2D eigenvalue weighted by molar-refractivity contribution is -0.142. The van der Waals surface area contributed by atoms with E-state index in [-0.39, 0.29) is 12.0 Å². The van der Waals surface area contributed by atoms with Gasteiger partial charge in [0, 0.05) is 6.04 Å². The van der Waals surface area contributed by atoms with E-state index in [1.165, 1.54) is 7.11 Å². The summed E-state index contributed by atoms with van der Waals surface area (Å²) in [4.78, 5) is 26.8. The van der Waals surface area contributed by atoms with Crippen molar-refractivity contribution in [3.05, 3.63) is 23.4 Å². The molecule has 1 aromatic rings. The molecule has 6 heteroatoms. The van der Waals surface area contributed by atoms with E-state index < -0.39 is 11.9 Å². The van der Waals surface area contributed by atoms with Crippen LogP contribution in [-0.4, -0.2) is 35.2 Å². The van der Waals surface area contributed by atoms with Crippen molar-refractivity contribution in [2.45, 2.75) is 38.6 Å². The largest absolute Gasteiger partial charge is 0.481 e. The highest BCUT2D eigenvalue weighted by molar-refractivity contribution is 5.90. The van der Waals surface area contributed by atoms with Gasteiger partial charge < -0.3 is 15.2 Å². The van der Waals surface area contributed by atoms with Crippen LogP contribution < -0.4 is 5.32 Å². The SMILES string of the molecule is COC(=O)c1ccc(NC2CCC(C(=O)O)CC2)nc1C. The normalized spacial score (nSPS) is 21.6. The Bertz CT molecular complexity index is 536. The van der Waals surface area contributed by atoms with Crippen LogP contribution in [0.1, 0.15) is 41.7 Å². The van der Waals surface area contributed by atoms with E-state index in [0.717, 1.165) is 12.8 Å². The van der Waals surface area contributed by atoms with Crippen LogP contribution in [0, 0.1) is 12.8 Å². The van der Waals surface area contributed by atoms with Gasteiger partial charge in [0.2, 0.25) is 0 Å². The van der Waals surface area contributed by atoms with E-state index in [9.17, 15) is 9.59 Å². The van der Waals surface area contributed by atoms with Crippen molar-refractivity contribution in [2.24, 2.45) is 5.92 Å². The van der Waals surface area contributed by atoms with Gasteiger partial charge in [-0.1, -0.05) is 0 Å². The van der Waals surface area contributed by atoms with Crippen molar-refractivity contribution in [3.63, 3.8) is 0 Å². The lowest BCUT2D eigenvalue weighted by Gasteiger charge is -2.27. The molecule has 114 valence electrons. The molecule has 1 fully saturated rings. The molecule has 1 saturated carbocycles. The summed E-state index contributed by atoms with van der Waals surface area (Å²) in [7, 11) is 1.34. The molecule has 0 saturated heterocycles. The van der Waals surface area contributed by atoms with Crippen molar-refractivity contribution in [3.8, 4) is 0 Å². The van der Waals surface area contributed by atoms with Crippen molar-refractivity contribution >= 4 is 17.8 Å². The minimum atomic E-state index is -0.704. The Hall–Kier alpha value is -2.11. The second-order valence-electron chi connectivity index (χ2n) is 5.35. The van der Waals surface area contributed by atoms with Gasteiger partial charge in [0.05, 0.1) is 24.3 Å². The third-order valence-electron chi connectivity index (χ3n) is 3.92. The number of carboxylic acids is 1. The summed E-state index contributed by atoms with van der Waals surface area (Å²) < 4.78 is 4.69. The Morgan fingerprint density at radius 3 is 2.48 bits per heavy atom. The quantitative estimate of drug-likeness (QED) is 0.827. The number of anilines is 1. The minimum absolute atomic E-state index is 0.223. The molecule has 0 unspecified atom stereocenters. The molecule has 0 aliphatic heterocycles. The Balaban J connectivity index is 1.97. The highest BCUT2D eigenvalue weighted by Crippen LogP contribution is 2.26. The second-order valence-corrected chi connectivity index (χ2v) is 5.35. The van der Waals surface area contributed by atoms with Gasteiger partial charge >= 0.3 is 11.9 Å². The Morgan fingerprint density at radius 2 is 1.95 bits per heavy atom. The number of aliphatic carboxylic acids is 1. The lowest BCUT2D eigenvalue weighted by Crippen LogP contribution is -2.29. The Labute approximate surface area is 123 Å². The fourth-order valence-corrected chi connectivity index (χ4v) is 2.66. The van der Waals surface area contributed by atoms with E-state index in [0.29, 0.717) is 29.9 Å². The number of carbonyl (C=O) groups is 2. The first-order valence-electron chi connectivity index (χ1n) is 7.06. The fraction of sp³-hybridized carbons (Fsp3) is 0.533. The summed E-state index contributed by atoms with van der Waals surface area (Å²) in [6.45, 7) is 1.76. The molecule has 0 amide bonds. The zero-order chi connectivity index (χ0) is 15.4. The molecule has 0 spiro atoms. The van der Waals surface area contributed by atoms with Crippen molar-refractivity contribution in [2.75, 3.05) is 12.4 Å². The molecule has 0 radical (unpaired) electrons. The van der Waals surface area contributed by atoms with Crippen LogP contribution in [-0.2, 0) is 9.53 Å². The van der Waals surface area contributed by atoms with E-state index in [4.69, 9.17) is 5.11 Å². The fourth-order valence-electron chi connectivity index (χ4n) is 2.66. The number of hydrogen-bond acceptors (Lipinski definition) is 5. The smallest absolute Gasteiger partial charge is 0.339 e. The monoisotopic (exact) mass is 292 g/mol. The van der Waals surface area contributed by atoms with E-state index in [1.807, 2.05) is 0 Å². The predicted molar refractivity (Wildman–Crippen MR) is 77.3 cm³/mol. The first kappa shape index (κ1) is 15.3. The molecule has 2 rings (SSSR count). The van der Waals surface area contributed by atoms with Crippen molar-refractivity contribution in [1.82, 2.24) is 4.98 Å². The topological polar surface area (TPSA) is 88.5 Å². The van der Waals surface area contributed by atoms with E-state index in [2.05, 4.69) is 15.0 Å².